The maximum atomic E-state index is 14.2. The number of esters is 1. The molecule has 6 nitrogen and oxygen atoms in total. The third-order valence-corrected chi connectivity index (χ3v) is 9.21. The fourth-order valence-electron chi connectivity index (χ4n) is 7.39. The molecular weight excluding hydrogens is 426 g/mol. The second kappa shape index (κ2) is 8.04. The Morgan fingerprint density at radius 2 is 1.91 bits per heavy atom. The molecule has 34 heavy (non-hydrogen) atoms. The second-order valence-electron chi connectivity index (χ2n) is 11.7. The van der Waals surface area contributed by atoms with Crippen molar-refractivity contribution < 1.29 is 14.3 Å². The maximum absolute atomic E-state index is 14.2. The van der Waals surface area contributed by atoms with Gasteiger partial charge in [0.2, 0.25) is 5.70 Å². The molecule has 5 unspecified atom stereocenters. The Morgan fingerprint density at radius 3 is 2.56 bits per heavy atom. The van der Waals surface area contributed by atoms with Crippen LogP contribution in [0.25, 0.3) is 0 Å². The SMILES string of the molecule is CCOC(=O)C1CCC2=N[N+](C)(c3ccccc3)C(C(=O)NC3C4(C)CCC(C4)C3(C)C)=C2C1. The molecule has 6 heteroatoms. The lowest BCUT2D eigenvalue weighted by Crippen LogP contribution is -2.55. The highest BCUT2D eigenvalue weighted by Gasteiger charge is 2.60. The smallest absolute Gasteiger partial charge is 0.309 e. The molecular formula is C28H38N3O3+. The topological polar surface area (TPSA) is 67.8 Å². The Balaban J connectivity index is 1.54. The van der Waals surface area contributed by atoms with E-state index in [9.17, 15) is 9.59 Å². The molecule has 2 bridgehead atoms. The van der Waals surface area contributed by atoms with Gasteiger partial charge < -0.3 is 10.1 Å². The number of carbonyl (C=O) groups is 2. The van der Waals surface area contributed by atoms with Gasteiger partial charge in [0, 0.05) is 23.7 Å². The van der Waals surface area contributed by atoms with E-state index in [1.165, 1.54) is 12.8 Å². The number of nitrogens with zero attached hydrogens (tertiary/aromatic N) is 2. The van der Waals surface area contributed by atoms with E-state index in [-0.39, 0.29) is 39.3 Å². The summed E-state index contributed by atoms with van der Waals surface area (Å²) >= 11 is 0. The number of carbonyl (C=O) groups excluding carboxylic acids is 2. The van der Waals surface area contributed by atoms with Crippen molar-refractivity contribution in [2.75, 3.05) is 13.7 Å². The number of likely N-dealkylation sites (N-methyl/N-ethyl adjacent to an activating group) is 1. The fraction of sp³-hybridized carbons (Fsp3) is 0.607. The van der Waals surface area contributed by atoms with Crippen LogP contribution < -0.4 is 9.91 Å². The number of fused-ring (bicyclic) bond motifs is 3. The summed E-state index contributed by atoms with van der Waals surface area (Å²) in [6, 6.07) is 10.1. The van der Waals surface area contributed by atoms with E-state index in [4.69, 9.17) is 9.84 Å². The highest BCUT2D eigenvalue weighted by Crippen LogP contribution is 2.62. The van der Waals surface area contributed by atoms with E-state index in [0.717, 1.165) is 23.4 Å². The molecule has 1 aromatic rings. The normalized spacial score (nSPS) is 35.7. The van der Waals surface area contributed by atoms with Gasteiger partial charge in [0.25, 0.3) is 0 Å². The summed E-state index contributed by atoms with van der Waals surface area (Å²) < 4.78 is 5.43. The van der Waals surface area contributed by atoms with E-state index >= 15 is 0 Å². The number of benzene rings is 1. The minimum absolute atomic E-state index is 0.0449. The summed E-state index contributed by atoms with van der Waals surface area (Å²) in [4.78, 5) is 26.8. The fourth-order valence-corrected chi connectivity index (χ4v) is 7.39. The van der Waals surface area contributed by atoms with Gasteiger partial charge in [0.1, 0.15) is 12.8 Å². The van der Waals surface area contributed by atoms with Gasteiger partial charge in [-0.15, -0.1) is 4.59 Å². The molecule has 1 N–H and O–H groups in total. The summed E-state index contributed by atoms with van der Waals surface area (Å²) in [6.45, 7) is 9.16. The minimum Gasteiger partial charge on any atom is -0.466 e. The number of quaternary nitrogens is 1. The minimum atomic E-state index is -0.226. The van der Waals surface area contributed by atoms with Crippen molar-refractivity contribution in [3.63, 3.8) is 0 Å². The van der Waals surface area contributed by atoms with Crippen molar-refractivity contribution in [2.45, 2.75) is 72.3 Å². The molecule has 1 heterocycles. The van der Waals surface area contributed by atoms with E-state index in [0.29, 0.717) is 37.5 Å². The molecule has 0 saturated heterocycles. The first-order valence-corrected chi connectivity index (χ1v) is 12.8. The van der Waals surface area contributed by atoms with E-state index in [1.54, 1.807) is 0 Å². The number of ether oxygens (including phenoxy) is 1. The molecule has 3 fully saturated rings. The third-order valence-electron chi connectivity index (χ3n) is 9.21. The van der Waals surface area contributed by atoms with Gasteiger partial charge in [0.15, 0.2) is 5.69 Å². The van der Waals surface area contributed by atoms with Crippen molar-refractivity contribution in [3.8, 4) is 0 Å². The number of hydrogen-bond acceptors (Lipinski definition) is 4. The first kappa shape index (κ1) is 23.3. The van der Waals surface area contributed by atoms with Crippen LogP contribution in [0.15, 0.2) is 46.7 Å². The molecule has 1 aromatic carbocycles. The molecule has 0 aromatic heterocycles. The lowest BCUT2D eigenvalue weighted by Gasteiger charge is -2.43. The van der Waals surface area contributed by atoms with Crippen LogP contribution in [0.3, 0.4) is 0 Å². The van der Waals surface area contributed by atoms with Crippen molar-refractivity contribution >= 4 is 23.3 Å². The van der Waals surface area contributed by atoms with Crippen LogP contribution in [-0.2, 0) is 14.3 Å². The molecule has 0 spiro atoms. The number of nitrogens with one attached hydrogen (secondary N) is 1. The first-order valence-electron chi connectivity index (χ1n) is 12.8. The van der Waals surface area contributed by atoms with Crippen LogP contribution in [-0.4, -0.2) is 37.3 Å². The Bertz CT molecular complexity index is 1070. The molecule has 0 radical (unpaired) electrons. The van der Waals surface area contributed by atoms with Crippen LogP contribution in [0.1, 0.15) is 66.2 Å². The number of allylic oxidation sites excluding steroid dienone is 1. The number of amides is 1. The van der Waals surface area contributed by atoms with Crippen molar-refractivity contribution in [1.82, 2.24) is 9.91 Å². The second-order valence-corrected chi connectivity index (χ2v) is 11.7. The van der Waals surface area contributed by atoms with Crippen molar-refractivity contribution in [3.05, 3.63) is 41.6 Å². The monoisotopic (exact) mass is 464 g/mol. The zero-order valence-corrected chi connectivity index (χ0v) is 21.2. The lowest BCUT2D eigenvalue weighted by molar-refractivity contribution is -0.148. The Hall–Kier alpha value is -2.47. The highest BCUT2D eigenvalue weighted by molar-refractivity contribution is 6.13. The van der Waals surface area contributed by atoms with Gasteiger partial charge in [0.05, 0.1) is 12.5 Å². The predicted molar refractivity (Wildman–Crippen MR) is 134 cm³/mol. The Morgan fingerprint density at radius 1 is 1.18 bits per heavy atom. The Kier molecular flexibility index (Phi) is 5.51. The molecule has 5 rings (SSSR count). The molecule has 4 aliphatic rings. The quantitative estimate of drug-likeness (QED) is 0.496. The van der Waals surface area contributed by atoms with Gasteiger partial charge >= 0.3 is 11.9 Å². The van der Waals surface area contributed by atoms with Gasteiger partial charge in [-0.3, -0.25) is 9.59 Å². The summed E-state index contributed by atoms with van der Waals surface area (Å²) in [5.74, 6) is 0.206. The van der Waals surface area contributed by atoms with E-state index in [2.05, 4.69) is 26.1 Å². The maximum Gasteiger partial charge on any atom is 0.309 e. The average molecular weight is 465 g/mol. The summed E-state index contributed by atoms with van der Waals surface area (Å²) in [5.41, 5.74) is 3.69. The lowest BCUT2D eigenvalue weighted by atomic mass is 9.68. The van der Waals surface area contributed by atoms with Crippen molar-refractivity contribution in [2.24, 2.45) is 27.8 Å². The number of rotatable bonds is 5. The molecule has 182 valence electrons. The van der Waals surface area contributed by atoms with Crippen LogP contribution in [0.5, 0.6) is 0 Å². The van der Waals surface area contributed by atoms with E-state index < -0.39 is 0 Å². The molecule has 3 aliphatic carbocycles. The van der Waals surface area contributed by atoms with Crippen molar-refractivity contribution in [1.29, 1.82) is 0 Å². The largest absolute Gasteiger partial charge is 0.466 e. The van der Waals surface area contributed by atoms with Gasteiger partial charge in [-0.05, 0) is 62.2 Å². The molecule has 1 aliphatic heterocycles. The van der Waals surface area contributed by atoms with Crippen LogP contribution in [0.2, 0.25) is 0 Å². The van der Waals surface area contributed by atoms with Gasteiger partial charge in [-0.25, -0.2) is 0 Å². The first-order chi connectivity index (χ1) is 16.1. The summed E-state index contributed by atoms with van der Waals surface area (Å²) in [6.07, 6.45) is 5.49. The van der Waals surface area contributed by atoms with Crippen LogP contribution >= 0.6 is 0 Å². The van der Waals surface area contributed by atoms with Gasteiger partial charge in [-0.1, -0.05) is 44.1 Å². The van der Waals surface area contributed by atoms with E-state index in [1.807, 2.05) is 44.3 Å². The number of hydrogen-bond donors (Lipinski definition) is 1. The van der Waals surface area contributed by atoms with Gasteiger partial charge in [-0.2, -0.15) is 0 Å². The highest BCUT2D eigenvalue weighted by atomic mass is 16.5. The average Bonchev–Trinajstić information content (AvgIpc) is 3.41. The summed E-state index contributed by atoms with van der Waals surface area (Å²) in [5, 5.41) is 8.61. The zero-order chi connectivity index (χ0) is 24.3. The predicted octanol–water partition coefficient (Wildman–Crippen LogP) is 4.94. The van der Waals surface area contributed by atoms with Crippen LogP contribution in [0.4, 0.5) is 5.69 Å². The zero-order valence-electron chi connectivity index (χ0n) is 21.2. The third kappa shape index (κ3) is 3.44. The standard InChI is InChI=1S/C28H37N3O3/c1-6-34-25(33)18-12-13-22-21(16-18)23(31(5,30-22)20-10-8-7-9-11-20)24(32)29-26-27(2,3)19-14-15-28(26,4)17-19/h7-11,18-19,26H,6,12-17H2,1-5H3/p+1. The van der Waals surface area contributed by atoms with Crippen LogP contribution in [0, 0.1) is 22.7 Å². The molecule has 3 saturated carbocycles. The molecule has 1 amide bonds. The summed E-state index contributed by atoms with van der Waals surface area (Å²) in [7, 11) is 2.00. The Labute approximate surface area is 203 Å². The molecule has 5 atom stereocenters. The number of para-hydroxylation sites is 1.